The van der Waals surface area contributed by atoms with Gasteiger partial charge in [-0.2, -0.15) is 0 Å². The Morgan fingerprint density at radius 3 is 2.77 bits per heavy atom. The number of carbonyl (C=O) groups is 2. The van der Waals surface area contributed by atoms with Crippen LogP contribution < -0.4 is 10.6 Å². The van der Waals surface area contributed by atoms with Crippen molar-refractivity contribution in [3.63, 3.8) is 0 Å². The molecule has 1 saturated heterocycles. The van der Waals surface area contributed by atoms with E-state index in [1.807, 2.05) is 12.1 Å². The van der Waals surface area contributed by atoms with Gasteiger partial charge in [0.15, 0.2) is 0 Å². The largest absolute Gasteiger partial charge is 0.382 e. The Labute approximate surface area is 157 Å². The predicted molar refractivity (Wildman–Crippen MR) is 97.1 cm³/mol. The van der Waals surface area contributed by atoms with E-state index < -0.39 is 6.10 Å². The van der Waals surface area contributed by atoms with Crippen molar-refractivity contribution in [2.24, 2.45) is 5.16 Å². The minimum atomic E-state index is -0.671. The van der Waals surface area contributed by atoms with Crippen LogP contribution in [0.4, 0.5) is 0 Å². The van der Waals surface area contributed by atoms with E-state index in [0.717, 1.165) is 25.0 Å². The van der Waals surface area contributed by atoms with E-state index in [0.29, 0.717) is 23.7 Å². The molecular formula is C18H22ClN3O4. The summed E-state index contributed by atoms with van der Waals surface area (Å²) in [5, 5.41) is 10.1. The van der Waals surface area contributed by atoms with Gasteiger partial charge in [0.2, 0.25) is 12.0 Å². The summed E-state index contributed by atoms with van der Waals surface area (Å²) in [6.07, 6.45) is 2.07. The smallest absolute Gasteiger partial charge is 0.264 e. The minimum Gasteiger partial charge on any atom is -0.382 e. The molecule has 26 heavy (non-hydrogen) atoms. The van der Waals surface area contributed by atoms with Gasteiger partial charge >= 0.3 is 0 Å². The fourth-order valence-corrected chi connectivity index (χ4v) is 2.99. The van der Waals surface area contributed by atoms with Gasteiger partial charge in [-0.1, -0.05) is 28.9 Å². The van der Waals surface area contributed by atoms with Crippen LogP contribution in [-0.2, 0) is 19.2 Å². The minimum absolute atomic E-state index is 0.105. The second-order valence-corrected chi connectivity index (χ2v) is 6.76. The van der Waals surface area contributed by atoms with Crippen molar-refractivity contribution >= 4 is 29.1 Å². The predicted octanol–water partition coefficient (Wildman–Crippen LogP) is 1.63. The number of benzene rings is 1. The van der Waals surface area contributed by atoms with Crippen molar-refractivity contribution in [1.29, 1.82) is 0 Å². The summed E-state index contributed by atoms with van der Waals surface area (Å²) in [5.74, 6) is -0.379. The average molecular weight is 380 g/mol. The first kappa shape index (κ1) is 18.7. The number of hydrogen-bond donors (Lipinski definition) is 2. The van der Waals surface area contributed by atoms with Gasteiger partial charge in [-0.25, -0.2) is 0 Å². The number of nitrogens with one attached hydrogen (secondary N) is 2. The molecule has 1 aromatic carbocycles. The number of amides is 2. The van der Waals surface area contributed by atoms with Crippen LogP contribution in [0, 0.1) is 0 Å². The van der Waals surface area contributed by atoms with E-state index >= 15 is 0 Å². The molecule has 0 aromatic heterocycles. The van der Waals surface area contributed by atoms with Crippen LogP contribution in [-0.4, -0.2) is 49.4 Å². The summed E-state index contributed by atoms with van der Waals surface area (Å²) in [7, 11) is 0. The first-order chi connectivity index (χ1) is 12.6. The molecule has 0 radical (unpaired) electrons. The molecule has 1 aromatic rings. The third kappa shape index (κ3) is 5.19. The van der Waals surface area contributed by atoms with E-state index in [1.54, 1.807) is 12.1 Å². The Kier molecular flexibility index (Phi) is 6.46. The van der Waals surface area contributed by atoms with Gasteiger partial charge < -0.3 is 20.2 Å². The van der Waals surface area contributed by atoms with Gasteiger partial charge in [0.1, 0.15) is 0 Å². The highest BCUT2D eigenvalue weighted by Crippen LogP contribution is 2.18. The molecule has 2 amide bonds. The molecule has 2 aliphatic heterocycles. The van der Waals surface area contributed by atoms with Crippen molar-refractivity contribution in [2.75, 3.05) is 19.7 Å². The number of oxime groups is 1. The zero-order valence-corrected chi connectivity index (χ0v) is 15.1. The lowest BCUT2D eigenvalue weighted by Gasteiger charge is -2.12. The maximum absolute atomic E-state index is 12.1. The second kappa shape index (κ2) is 9.00. The Hall–Kier alpha value is -2.12. The number of rotatable bonds is 7. The van der Waals surface area contributed by atoms with Crippen molar-refractivity contribution in [3.8, 4) is 0 Å². The highest BCUT2D eigenvalue weighted by molar-refractivity contribution is 6.30. The number of hydrogen-bond acceptors (Lipinski definition) is 5. The molecule has 0 saturated carbocycles. The molecule has 3 rings (SSSR count). The first-order valence-corrected chi connectivity index (χ1v) is 9.14. The third-order valence-electron chi connectivity index (χ3n) is 4.34. The van der Waals surface area contributed by atoms with E-state index in [-0.39, 0.29) is 30.9 Å². The lowest BCUT2D eigenvalue weighted by molar-refractivity contribution is -0.131. The molecule has 2 atom stereocenters. The zero-order valence-electron chi connectivity index (χ0n) is 14.4. The molecule has 8 heteroatoms. The topological polar surface area (TPSA) is 89.0 Å². The summed E-state index contributed by atoms with van der Waals surface area (Å²) < 4.78 is 5.45. The van der Waals surface area contributed by atoms with Crippen molar-refractivity contribution in [1.82, 2.24) is 10.6 Å². The Bertz CT molecular complexity index is 672. The fraction of sp³-hybridized carbons (Fsp3) is 0.500. The number of halogens is 1. The van der Waals surface area contributed by atoms with Gasteiger partial charge in [0.05, 0.1) is 11.8 Å². The fourth-order valence-electron chi connectivity index (χ4n) is 2.87. The normalized spacial score (nSPS) is 21.8. The van der Waals surface area contributed by atoms with E-state index in [1.165, 1.54) is 0 Å². The highest BCUT2D eigenvalue weighted by atomic mass is 35.5. The van der Waals surface area contributed by atoms with E-state index in [9.17, 15) is 9.59 Å². The third-order valence-corrected chi connectivity index (χ3v) is 4.59. The van der Waals surface area contributed by atoms with E-state index in [4.69, 9.17) is 21.2 Å². The van der Waals surface area contributed by atoms with Crippen molar-refractivity contribution < 1.29 is 19.2 Å². The lowest BCUT2D eigenvalue weighted by Crippen LogP contribution is -2.38. The first-order valence-electron chi connectivity index (χ1n) is 8.76. The maximum Gasteiger partial charge on any atom is 0.264 e. The molecule has 2 aliphatic rings. The van der Waals surface area contributed by atoms with Crippen molar-refractivity contribution in [2.45, 2.75) is 37.9 Å². The van der Waals surface area contributed by atoms with Gasteiger partial charge in [-0.15, -0.1) is 0 Å². The Morgan fingerprint density at radius 2 is 2.04 bits per heavy atom. The van der Waals surface area contributed by atoms with Crippen LogP contribution in [0.5, 0.6) is 0 Å². The second-order valence-electron chi connectivity index (χ2n) is 6.32. The standard InChI is InChI=1S/C18H22ClN3O4/c19-13-5-3-12(4-6-13)15-10-16(26-22-15)18(24)20-8-7-17(23)21-11-14-2-1-9-25-14/h3-6,14,16H,1-2,7-11H2,(H,20,24)(H,21,23)/t14-,16-/m1/s1. The van der Waals surface area contributed by atoms with Gasteiger partial charge in [0.25, 0.3) is 5.91 Å². The van der Waals surface area contributed by atoms with Crippen LogP contribution in [0.25, 0.3) is 0 Å². The van der Waals surface area contributed by atoms with Gasteiger partial charge in [0, 0.05) is 37.6 Å². The highest BCUT2D eigenvalue weighted by Gasteiger charge is 2.28. The number of carbonyl (C=O) groups excluding carboxylic acids is 2. The maximum atomic E-state index is 12.1. The molecule has 7 nitrogen and oxygen atoms in total. The molecule has 2 heterocycles. The van der Waals surface area contributed by atoms with Crippen molar-refractivity contribution in [3.05, 3.63) is 34.9 Å². The van der Waals surface area contributed by atoms with Crippen LogP contribution >= 0.6 is 11.6 Å². The molecule has 0 spiro atoms. The molecule has 0 unspecified atom stereocenters. The Balaban J connectivity index is 1.34. The SMILES string of the molecule is O=C(CCNC(=O)[C@H]1CC(c2ccc(Cl)cc2)=NO1)NC[C@H]1CCCO1. The molecule has 1 fully saturated rings. The van der Waals surface area contributed by atoms with E-state index in [2.05, 4.69) is 15.8 Å². The van der Waals surface area contributed by atoms with Crippen LogP contribution in [0.1, 0.15) is 31.2 Å². The molecule has 0 aliphatic carbocycles. The summed E-state index contributed by atoms with van der Waals surface area (Å²) in [6, 6.07) is 7.20. The quantitative estimate of drug-likeness (QED) is 0.753. The summed E-state index contributed by atoms with van der Waals surface area (Å²) >= 11 is 5.86. The summed E-state index contributed by atoms with van der Waals surface area (Å²) in [6.45, 7) is 1.54. The molecule has 140 valence electrons. The molecule has 0 bridgehead atoms. The Morgan fingerprint density at radius 1 is 1.23 bits per heavy atom. The number of ether oxygens (including phenoxy) is 1. The van der Waals surface area contributed by atoms with Gasteiger partial charge in [-0.3, -0.25) is 9.59 Å². The zero-order chi connectivity index (χ0) is 18.4. The van der Waals surface area contributed by atoms with Crippen LogP contribution in [0.3, 0.4) is 0 Å². The monoisotopic (exact) mass is 379 g/mol. The summed E-state index contributed by atoms with van der Waals surface area (Å²) in [4.78, 5) is 29.1. The molecule has 2 N–H and O–H groups in total. The van der Waals surface area contributed by atoms with Gasteiger partial charge in [-0.05, 0) is 30.5 Å². The van der Waals surface area contributed by atoms with Crippen LogP contribution in [0.15, 0.2) is 29.4 Å². The number of nitrogens with zero attached hydrogens (tertiary/aromatic N) is 1. The average Bonchev–Trinajstić information content (AvgIpc) is 3.32. The van der Waals surface area contributed by atoms with Crippen LogP contribution in [0.2, 0.25) is 5.02 Å². The summed E-state index contributed by atoms with van der Waals surface area (Å²) in [5.41, 5.74) is 1.58. The lowest BCUT2D eigenvalue weighted by atomic mass is 10.0. The molecular weight excluding hydrogens is 358 g/mol.